The van der Waals surface area contributed by atoms with Gasteiger partial charge in [-0.25, -0.2) is 9.18 Å². The molecule has 4 aromatic rings. The average molecular weight is 421 g/mol. The topological polar surface area (TPSA) is 62.1 Å². The van der Waals surface area contributed by atoms with Crippen LogP contribution < -0.4 is 11.2 Å². The zero-order valence-electron chi connectivity index (χ0n) is 18.0. The van der Waals surface area contributed by atoms with E-state index in [4.69, 9.17) is 4.42 Å². The number of halogens is 1. The Kier molecular flexibility index (Phi) is 4.32. The van der Waals surface area contributed by atoms with E-state index < -0.39 is 0 Å². The monoisotopic (exact) mass is 421 g/mol. The molecule has 31 heavy (non-hydrogen) atoms. The highest BCUT2D eigenvalue weighted by molar-refractivity contribution is 5.96. The molecule has 0 aliphatic carbocycles. The molecule has 0 bridgehead atoms. The Labute approximate surface area is 178 Å². The molecule has 0 unspecified atom stereocenters. The maximum atomic E-state index is 14.2. The van der Waals surface area contributed by atoms with E-state index >= 15 is 0 Å². The van der Waals surface area contributed by atoms with E-state index in [1.54, 1.807) is 19.2 Å². The van der Waals surface area contributed by atoms with Gasteiger partial charge in [-0.1, -0.05) is 19.1 Å². The minimum Gasteiger partial charge on any atom is -0.466 e. The second-order valence-electron chi connectivity index (χ2n) is 8.52. The summed E-state index contributed by atoms with van der Waals surface area (Å²) in [5.74, 6) is 1.38. The van der Waals surface area contributed by atoms with Crippen molar-refractivity contribution in [3.05, 3.63) is 80.3 Å². The summed E-state index contributed by atoms with van der Waals surface area (Å²) in [4.78, 5) is 26.2. The molecule has 5 rings (SSSR count). The lowest BCUT2D eigenvalue weighted by Gasteiger charge is -2.31. The summed E-state index contributed by atoms with van der Waals surface area (Å²) in [5.41, 5.74) is 1.99. The molecule has 0 fully saturated rings. The van der Waals surface area contributed by atoms with Gasteiger partial charge in [-0.15, -0.1) is 0 Å². The molecule has 1 aliphatic heterocycles. The zero-order chi connectivity index (χ0) is 22.0. The first-order chi connectivity index (χ1) is 14.8. The molecule has 1 aromatic carbocycles. The SMILES string of the molecule is Cc1ccc([C@@H]2c3c4c(c(-c5cccc(F)c5)n3CC[C@@H]2C)c(=O)n(C)c(=O)n4C)o1. The van der Waals surface area contributed by atoms with Crippen molar-refractivity contribution in [2.24, 2.45) is 20.0 Å². The molecule has 160 valence electrons. The van der Waals surface area contributed by atoms with E-state index in [0.29, 0.717) is 28.7 Å². The third-order valence-corrected chi connectivity index (χ3v) is 6.54. The summed E-state index contributed by atoms with van der Waals surface area (Å²) >= 11 is 0. The molecule has 1 aliphatic rings. The number of benzene rings is 1. The van der Waals surface area contributed by atoms with E-state index in [2.05, 4.69) is 11.5 Å². The predicted molar refractivity (Wildman–Crippen MR) is 117 cm³/mol. The van der Waals surface area contributed by atoms with Crippen LogP contribution >= 0.6 is 0 Å². The maximum absolute atomic E-state index is 14.2. The van der Waals surface area contributed by atoms with Crippen LogP contribution in [0, 0.1) is 18.7 Å². The van der Waals surface area contributed by atoms with Gasteiger partial charge in [0.15, 0.2) is 0 Å². The molecule has 6 nitrogen and oxygen atoms in total. The number of rotatable bonds is 2. The molecule has 7 heteroatoms. The Hall–Kier alpha value is -3.35. The highest BCUT2D eigenvalue weighted by atomic mass is 19.1. The minimum atomic E-state index is -0.385. The number of fused-ring (bicyclic) bond motifs is 3. The molecule has 4 heterocycles. The van der Waals surface area contributed by atoms with Crippen LogP contribution in [-0.4, -0.2) is 13.7 Å². The standard InChI is InChI=1S/C24H24FN3O3/c1-13-10-11-28-20(15-6-5-7-16(25)12-15)19-21(26(3)24(30)27(4)23(19)29)22(28)18(13)17-9-8-14(2)31-17/h5-9,12-13,18H,10-11H2,1-4H3/t13-,18+/m0/s1. The van der Waals surface area contributed by atoms with Crippen LogP contribution in [0.1, 0.15) is 36.5 Å². The van der Waals surface area contributed by atoms with Crippen molar-refractivity contribution in [2.45, 2.75) is 32.7 Å². The summed E-state index contributed by atoms with van der Waals surface area (Å²) in [6.45, 7) is 4.73. The van der Waals surface area contributed by atoms with Gasteiger partial charge < -0.3 is 8.98 Å². The molecule has 3 aromatic heterocycles. The van der Waals surface area contributed by atoms with Crippen LogP contribution in [0.2, 0.25) is 0 Å². The van der Waals surface area contributed by atoms with Gasteiger partial charge in [0.05, 0.1) is 28.2 Å². The van der Waals surface area contributed by atoms with E-state index in [0.717, 1.165) is 28.2 Å². The highest BCUT2D eigenvalue weighted by Gasteiger charge is 2.37. The fourth-order valence-electron chi connectivity index (χ4n) is 5.03. The first kappa shape index (κ1) is 19.6. The Morgan fingerprint density at radius 3 is 2.55 bits per heavy atom. The fourth-order valence-corrected chi connectivity index (χ4v) is 5.03. The highest BCUT2D eigenvalue weighted by Crippen LogP contribution is 2.45. The lowest BCUT2D eigenvalue weighted by atomic mass is 9.83. The number of aryl methyl sites for hydroxylation is 2. The molecule has 2 atom stereocenters. The minimum absolute atomic E-state index is 0.120. The van der Waals surface area contributed by atoms with Crippen LogP contribution in [0.3, 0.4) is 0 Å². The van der Waals surface area contributed by atoms with Gasteiger partial charge in [-0.3, -0.25) is 13.9 Å². The first-order valence-electron chi connectivity index (χ1n) is 10.4. The molecule has 0 amide bonds. The number of nitrogens with zero attached hydrogens (tertiary/aromatic N) is 3. The largest absolute Gasteiger partial charge is 0.466 e. The Bertz CT molecular complexity index is 1450. The second-order valence-corrected chi connectivity index (χ2v) is 8.52. The van der Waals surface area contributed by atoms with E-state index in [1.165, 1.54) is 23.7 Å². The van der Waals surface area contributed by atoms with Crippen molar-refractivity contribution in [3.8, 4) is 11.3 Å². The zero-order valence-corrected chi connectivity index (χ0v) is 18.0. The van der Waals surface area contributed by atoms with Crippen LogP contribution in [-0.2, 0) is 20.6 Å². The van der Waals surface area contributed by atoms with Crippen LogP contribution in [0.25, 0.3) is 22.2 Å². The third-order valence-electron chi connectivity index (χ3n) is 6.54. The lowest BCUT2D eigenvalue weighted by Crippen LogP contribution is -2.37. The van der Waals surface area contributed by atoms with Crippen molar-refractivity contribution >= 4 is 10.9 Å². The number of aromatic nitrogens is 3. The Morgan fingerprint density at radius 2 is 1.87 bits per heavy atom. The molecule has 0 saturated heterocycles. The number of hydrogen-bond acceptors (Lipinski definition) is 3. The third kappa shape index (κ3) is 2.76. The van der Waals surface area contributed by atoms with Gasteiger partial charge in [0.1, 0.15) is 17.3 Å². The maximum Gasteiger partial charge on any atom is 0.331 e. The first-order valence-corrected chi connectivity index (χ1v) is 10.4. The van der Waals surface area contributed by atoms with Crippen molar-refractivity contribution in [1.82, 2.24) is 13.7 Å². The molecule has 0 radical (unpaired) electrons. The van der Waals surface area contributed by atoms with E-state index in [1.807, 2.05) is 19.1 Å². The smallest absolute Gasteiger partial charge is 0.331 e. The second kappa shape index (κ2) is 6.83. The summed E-state index contributed by atoms with van der Waals surface area (Å²) in [7, 11) is 3.16. The summed E-state index contributed by atoms with van der Waals surface area (Å²) < 4.78 is 24.9. The molecule has 0 saturated carbocycles. The summed E-state index contributed by atoms with van der Waals surface area (Å²) in [6, 6.07) is 10.2. The van der Waals surface area contributed by atoms with Crippen molar-refractivity contribution in [1.29, 1.82) is 0 Å². The van der Waals surface area contributed by atoms with E-state index in [9.17, 15) is 14.0 Å². The average Bonchev–Trinajstić information content (AvgIpc) is 3.32. The number of hydrogen-bond donors (Lipinski definition) is 0. The van der Waals surface area contributed by atoms with Gasteiger partial charge in [0.25, 0.3) is 5.56 Å². The summed E-state index contributed by atoms with van der Waals surface area (Å²) in [6.07, 6.45) is 0.870. The van der Waals surface area contributed by atoms with Crippen molar-refractivity contribution in [3.63, 3.8) is 0 Å². The van der Waals surface area contributed by atoms with Crippen LogP contribution in [0.15, 0.2) is 50.4 Å². The quantitative estimate of drug-likeness (QED) is 0.493. The van der Waals surface area contributed by atoms with Gasteiger partial charge in [0.2, 0.25) is 0 Å². The van der Waals surface area contributed by atoms with Gasteiger partial charge in [-0.2, -0.15) is 0 Å². The molecular weight excluding hydrogens is 397 g/mol. The molecule has 0 spiro atoms. The Morgan fingerprint density at radius 1 is 1.10 bits per heavy atom. The van der Waals surface area contributed by atoms with E-state index in [-0.39, 0.29) is 28.9 Å². The van der Waals surface area contributed by atoms with Gasteiger partial charge in [0, 0.05) is 26.2 Å². The molecule has 0 N–H and O–H groups in total. The van der Waals surface area contributed by atoms with Gasteiger partial charge in [-0.05, 0) is 43.5 Å². The molecular formula is C24H24FN3O3. The van der Waals surface area contributed by atoms with Crippen LogP contribution in [0.5, 0.6) is 0 Å². The van der Waals surface area contributed by atoms with Crippen molar-refractivity contribution < 1.29 is 8.81 Å². The fraction of sp³-hybridized carbons (Fsp3) is 0.333. The predicted octanol–water partition coefficient (Wildman–Crippen LogP) is 3.92. The lowest BCUT2D eigenvalue weighted by molar-refractivity contribution is 0.331. The van der Waals surface area contributed by atoms with Gasteiger partial charge >= 0.3 is 5.69 Å². The number of furan rings is 1. The Balaban J connectivity index is 1.98. The van der Waals surface area contributed by atoms with Crippen LogP contribution in [0.4, 0.5) is 4.39 Å². The normalized spacial score (nSPS) is 18.5. The summed E-state index contributed by atoms with van der Waals surface area (Å²) in [5, 5.41) is 0.438. The van der Waals surface area contributed by atoms with Crippen molar-refractivity contribution in [2.75, 3.05) is 0 Å².